The van der Waals surface area contributed by atoms with Crippen LogP contribution in [0.4, 0.5) is 13.2 Å². The molecule has 1 N–H and O–H groups in total. The Morgan fingerprint density at radius 1 is 1.16 bits per heavy atom. The molecule has 0 saturated carbocycles. The zero-order chi connectivity index (χ0) is 22.8. The smallest absolute Gasteiger partial charge is 0.416 e. The molecule has 9 heteroatoms. The van der Waals surface area contributed by atoms with Gasteiger partial charge in [0.1, 0.15) is 0 Å². The molecule has 0 bridgehead atoms. The molecule has 0 spiro atoms. The summed E-state index contributed by atoms with van der Waals surface area (Å²) in [5.41, 5.74) is 0.0730. The van der Waals surface area contributed by atoms with Crippen molar-refractivity contribution < 1.29 is 32.5 Å². The van der Waals surface area contributed by atoms with Crippen molar-refractivity contribution in [1.29, 1.82) is 0 Å². The Morgan fingerprint density at radius 2 is 1.87 bits per heavy atom. The topological polar surface area (TPSA) is 59.0 Å². The van der Waals surface area contributed by atoms with E-state index in [-0.39, 0.29) is 17.1 Å². The van der Waals surface area contributed by atoms with Gasteiger partial charge in [-0.1, -0.05) is 17.7 Å². The molecule has 1 fully saturated rings. The highest BCUT2D eigenvalue weighted by Crippen LogP contribution is 2.41. The second-order valence-corrected chi connectivity index (χ2v) is 7.83. The van der Waals surface area contributed by atoms with Gasteiger partial charge in [0.25, 0.3) is 0 Å². The van der Waals surface area contributed by atoms with Gasteiger partial charge in [-0.2, -0.15) is 13.2 Å². The maximum Gasteiger partial charge on any atom is 0.416 e. The molecule has 1 aliphatic rings. The minimum atomic E-state index is -4.53. The number of ether oxygens (including phenoxy) is 2. The van der Waals surface area contributed by atoms with Crippen LogP contribution >= 0.6 is 11.6 Å². The minimum absolute atomic E-state index is 0.172. The van der Waals surface area contributed by atoms with Gasteiger partial charge in [-0.05, 0) is 60.8 Å². The van der Waals surface area contributed by atoms with E-state index >= 15 is 0 Å². The Morgan fingerprint density at radius 3 is 2.48 bits per heavy atom. The molecule has 168 valence electrons. The summed E-state index contributed by atoms with van der Waals surface area (Å²) in [5.74, 6) is -0.644. The number of hydrogen-bond donors (Lipinski definition) is 1. The van der Waals surface area contributed by atoms with Crippen molar-refractivity contribution in [1.82, 2.24) is 4.90 Å². The van der Waals surface area contributed by atoms with Gasteiger partial charge in [0.05, 0.1) is 31.7 Å². The summed E-state index contributed by atoms with van der Waals surface area (Å²) >= 11 is 6.38. The summed E-state index contributed by atoms with van der Waals surface area (Å²) in [6.45, 7) is 0.719. The highest BCUT2D eigenvalue weighted by Gasteiger charge is 2.35. The van der Waals surface area contributed by atoms with Gasteiger partial charge < -0.3 is 14.6 Å². The van der Waals surface area contributed by atoms with Crippen LogP contribution in [0.15, 0.2) is 36.4 Å². The molecule has 1 heterocycles. The van der Waals surface area contributed by atoms with Crippen LogP contribution < -0.4 is 9.47 Å². The third kappa shape index (κ3) is 5.07. The van der Waals surface area contributed by atoms with Crippen LogP contribution in [0.3, 0.4) is 0 Å². The summed E-state index contributed by atoms with van der Waals surface area (Å²) in [6, 6.07) is 7.60. The number of carbonyl (C=O) groups is 1. The number of alkyl halides is 3. The van der Waals surface area contributed by atoms with Gasteiger partial charge in [-0.25, -0.2) is 0 Å². The molecular weight excluding hydrogens is 435 g/mol. The van der Waals surface area contributed by atoms with Gasteiger partial charge in [0.15, 0.2) is 11.5 Å². The van der Waals surface area contributed by atoms with E-state index in [0.717, 1.165) is 12.1 Å². The molecular formula is C22H23ClF3NO4. The Hall–Kier alpha value is -2.45. The fraction of sp³-hybridized carbons (Fsp3) is 0.409. The number of nitrogens with zero attached hydrogens (tertiary/aromatic N) is 1. The molecule has 1 aliphatic heterocycles. The Labute approximate surface area is 183 Å². The minimum Gasteiger partial charge on any atom is -0.493 e. The van der Waals surface area contributed by atoms with Crippen molar-refractivity contribution >= 4 is 17.6 Å². The van der Waals surface area contributed by atoms with Crippen LogP contribution in [-0.4, -0.2) is 43.3 Å². The van der Waals surface area contributed by atoms with E-state index in [1.54, 1.807) is 18.2 Å². The van der Waals surface area contributed by atoms with Crippen molar-refractivity contribution in [2.45, 2.75) is 25.1 Å². The van der Waals surface area contributed by atoms with Gasteiger partial charge in [0, 0.05) is 11.6 Å². The number of piperidine rings is 1. The van der Waals surface area contributed by atoms with Crippen molar-refractivity contribution in [2.24, 2.45) is 5.92 Å². The molecule has 2 aromatic carbocycles. The number of rotatable bonds is 6. The van der Waals surface area contributed by atoms with E-state index in [1.165, 1.54) is 20.3 Å². The van der Waals surface area contributed by atoms with Crippen LogP contribution in [-0.2, 0) is 11.0 Å². The van der Waals surface area contributed by atoms with Crippen molar-refractivity contribution in [3.05, 3.63) is 58.1 Å². The van der Waals surface area contributed by atoms with E-state index in [4.69, 9.17) is 21.1 Å². The number of carboxylic acids is 1. The maximum absolute atomic E-state index is 13.4. The average molecular weight is 458 g/mol. The monoisotopic (exact) mass is 457 g/mol. The lowest BCUT2D eigenvalue weighted by molar-refractivity contribution is -0.143. The first kappa shape index (κ1) is 23.2. The molecule has 2 aromatic rings. The zero-order valence-corrected chi connectivity index (χ0v) is 17.8. The van der Waals surface area contributed by atoms with E-state index < -0.39 is 29.7 Å². The Balaban J connectivity index is 2.15. The molecule has 0 amide bonds. The number of carboxylic acid groups (broad SMARTS) is 1. The number of methoxy groups -OCH3 is 2. The largest absolute Gasteiger partial charge is 0.493 e. The summed E-state index contributed by atoms with van der Waals surface area (Å²) in [6.07, 6.45) is -3.41. The van der Waals surface area contributed by atoms with Gasteiger partial charge in [-0.15, -0.1) is 0 Å². The molecule has 2 unspecified atom stereocenters. The fourth-order valence-electron chi connectivity index (χ4n) is 3.98. The predicted molar refractivity (Wildman–Crippen MR) is 110 cm³/mol. The van der Waals surface area contributed by atoms with Crippen LogP contribution in [0.2, 0.25) is 5.02 Å². The number of likely N-dealkylation sites (tertiary alicyclic amines) is 1. The van der Waals surface area contributed by atoms with Crippen molar-refractivity contribution in [2.75, 3.05) is 27.3 Å². The lowest BCUT2D eigenvalue weighted by Crippen LogP contribution is -2.41. The normalized spacial score (nSPS) is 18.5. The van der Waals surface area contributed by atoms with Crippen LogP contribution in [0.25, 0.3) is 0 Å². The highest BCUT2D eigenvalue weighted by molar-refractivity contribution is 6.31. The van der Waals surface area contributed by atoms with Crippen LogP contribution in [0.5, 0.6) is 11.5 Å². The summed E-state index contributed by atoms with van der Waals surface area (Å²) in [4.78, 5) is 13.5. The summed E-state index contributed by atoms with van der Waals surface area (Å²) < 4.78 is 50.9. The zero-order valence-electron chi connectivity index (χ0n) is 17.1. The lowest BCUT2D eigenvalue weighted by atomic mass is 9.90. The molecule has 1 saturated heterocycles. The molecule has 5 nitrogen and oxygen atoms in total. The molecule has 0 radical (unpaired) electrons. The number of hydrogen-bond acceptors (Lipinski definition) is 4. The molecule has 3 rings (SSSR count). The van der Waals surface area contributed by atoms with Gasteiger partial charge in [0.2, 0.25) is 0 Å². The predicted octanol–water partition coefficient (Wildman–Crippen LogP) is 5.26. The first-order chi connectivity index (χ1) is 14.7. The molecule has 0 aliphatic carbocycles. The van der Waals surface area contributed by atoms with E-state index in [0.29, 0.717) is 36.4 Å². The number of benzene rings is 2. The Kier molecular flexibility index (Phi) is 7.01. The lowest BCUT2D eigenvalue weighted by Gasteiger charge is -2.38. The fourth-order valence-corrected chi connectivity index (χ4v) is 4.20. The summed E-state index contributed by atoms with van der Waals surface area (Å²) in [5, 5.41) is 9.67. The highest BCUT2D eigenvalue weighted by atomic mass is 35.5. The van der Waals surface area contributed by atoms with Crippen LogP contribution in [0, 0.1) is 5.92 Å². The first-order valence-corrected chi connectivity index (χ1v) is 10.1. The van der Waals surface area contributed by atoms with Crippen molar-refractivity contribution in [3.8, 4) is 11.5 Å². The second-order valence-electron chi connectivity index (χ2n) is 7.42. The Bertz CT molecular complexity index is 951. The third-order valence-electron chi connectivity index (χ3n) is 5.51. The maximum atomic E-state index is 13.4. The second kappa shape index (κ2) is 9.36. The standard InChI is InChI=1S/C22H23ClF3NO4/c1-30-18-8-5-13(10-19(18)31-2)20(27-9-3-4-14(12-27)21(28)29)16-11-15(22(24,25)26)6-7-17(16)23/h5-8,10-11,14,20H,3-4,9,12H2,1-2H3,(H,28,29). The van der Waals surface area contributed by atoms with Gasteiger partial charge >= 0.3 is 12.1 Å². The van der Waals surface area contributed by atoms with Crippen LogP contribution in [0.1, 0.15) is 35.6 Å². The number of aliphatic carboxylic acids is 1. The molecule has 31 heavy (non-hydrogen) atoms. The third-order valence-corrected chi connectivity index (χ3v) is 5.85. The first-order valence-electron chi connectivity index (χ1n) is 9.71. The van der Waals surface area contributed by atoms with Gasteiger partial charge in [-0.3, -0.25) is 9.69 Å². The quantitative estimate of drug-likeness (QED) is 0.641. The molecule has 2 atom stereocenters. The SMILES string of the molecule is COc1ccc(C(c2cc(C(F)(F)F)ccc2Cl)N2CCCC(C(=O)O)C2)cc1OC. The molecule has 0 aromatic heterocycles. The summed E-state index contributed by atoms with van der Waals surface area (Å²) in [7, 11) is 2.95. The van der Waals surface area contributed by atoms with E-state index in [1.807, 2.05) is 4.90 Å². The van der Waals surface area contributed by atoms with E-state index in [2.05, 4.69) is 0 Å². The van der Waals surface area contributed by atoms with Crippen molar-refractivity contribution in [3.63, 3.8) is 0 Å². The average Bonchev–Trinajstić information content (AvgIpc) is 2.74. The number of halogens is 4. The van der Waals surface area contributed by atoms with E-state index in [9.17, 15) is 23.1 Å².